The molecular weight excluding hydrogens is 1520 g/mol. The quantitative estimate of drug-likeness (QED) is 0.0954. The first-order valence-corrected chi connectivity index (χ1v) is 37.6. The van der Waals surface area contributed by atoms with Gasteiger partial charge in [0.2, 0.25) is 0 Å². The molecular formula is C99H85IrN10. The van der Waals surface area contributed by atoms with Gasteiger partial charge in [0.1, 0.15) is 0 Å². The zero-order valence-corrected chi connectivity index (χ0v) is 66.1. The molecule has 11 aromatic carbocycles. The number of rotatable bonds is 15. The van der Waals surface area contributed by atoms with E-state index in [2.05, 4.69) is 308 Å². The van der Waals surface area contributed by atoms with E-state index in [0.29, 0.717) is 5.92 Å². The van der Waals surface area contributed by atoms with Gasteiger partial charge in [-0.25, -0.2) is 0 Å². The van der Waals surface area contributed by atoms with Crippen molar-refractivity contribution in [2.24, 2.45) is 0 Å². The maximum Gasteiger partial charge on any atom is 3.00 e. The number of hydrogen-bond acceptors (Lipinski definition) is 5. The minimum absolute atomic E-state index is 0. The Morgan fingerprint density at radius 2 is 0.709 bits per heavy atom. The van der Waals surface area contributed by atoms with E-state index in [1.807, 2.05) is 110 Å². The number of imidazole rings is 3. The first kappa shape index (κ1) is 73.1. The van der Waals surface area contributed by atoms with Crippen molar-refractivity contribution in [3.63, 3.8) is 0 Å². The average Bonchev–Trinajstić information content (AvgIpc) is 1.58. The number of nitrogens with zero attached hydrogens (tertiary/aromatic N) is 10. The van der Waals surface area contributed by atoms with E-state index < -0.39 is 0 Å². The molecule has 18 aromatic rings. The molecule has 18 rings (SSSR count). The van der Waals surface area contributed by atoms with E-state index in [1.54, 1.807) is 0 Å². The Morgan fingerprint density at radius 1 is 0.336 bits per heavy atom. The largest absolute Gasteiger partial charge is 3.00 e. The number of pyridine rings is 2. The Morgan fingerprint density at radius 3 is 1.07 bits per heavy atom. The van der Waals surface area contributed by atoms with Crippen LogP contribution in [0.5, 0.6) is 0 Å². The molecule has 110 heavy (non-hydrogen) atoms. The molecule has 0 saturated heterocycles. The predicted octanol–water partition coefficient (Wildman–Crippen LogP) is 24.5. The monoisotopic (exact) mass is 1610 g/mol. The van der Waals surface area contributed by atoms with Crippen LogP contribution < -0.4 is 0 Å². The van der Waals surface area contributed by atoms with Crippen molar-refractivity contribution in [1.82, 2.24) is 47.8 Å². The molecule has 0 N–H and O–H groups in total. The fourth-order valence-electron chi connectivity index (χ4n) is 16.5. The average molecular weight is 1610 g/mol. The smallest absolute Gasteiger partial charge is 0.340 e. The van der Waals surface area contributed by atoms with E-state index in [-0.39, 0.29) is 26.0 Å². The molecule has 0 radical (unpaired) electrons. The van der Waals surface area contributed by atoms with Gasteiger partial charge in [0.05, 0.1) is 50.6 Å². The molecule has 2 atom stereocenters. The van der Waals surface area contributed by atoms with Gasteiger partial charge in [-0.15, -0.1) is 108 Å². The van der Waals surface area contributed by atoms with Crippen molar-refractivity contribution in [3.05, 3.63) is 372 Å². The first-order chi connectivity index (χ1) is 53.2. The molecule has 10 nitrogen and oxygen atoms in total. The summed E-state index contributed by atoms with van der Waals surface area (Å²) in [4.78, 5) is 23.8. The van der Waals surface area contributed by atoms with Crippen molar-refractivity contribution >= 4 is 43.9 Å². The van der Waals surface area contributed by atoms with E-state index in [0.717, 1.165) is 102 Å². The zero-order chi connectivity index (χ0) is 74.8. The van der Waals surface area contributed by atoms with Crippen LogP contribution >= 0.6 is 0 Å². The fraction of sp³-hybridized carbons (Fsp3) is 0.141. The summed E-state index contributed by atoms with van der Waals surface area (Å²) in [5.41, 5.74) is 32.7. The molecule has 0 aliphatic heterocycles. The number of aromatic nitrogens is 10. The third-order valence-electron chi connectivity index (χ3n) is 21.1. The normalized spacial score (nSPS) is 11.8. The molecule has 7 aromatic heterocycles. The first-order valence-electron chi connectivity index (χ1n) is 37.6. The van der Waals surface area contributed by atoms with Crippen molar-refractivity contribution in [3.8, 4) is 84.9 Å². The Balaban J connectivity index is 0.000000189. The maximum absolute atomic E-state index is 5.04. The SMILES string of the molecule is CCC(CC(C)c1cc(-n2c3ccc(-c4ccccc4)cc3c3ncccc32)cc(-n2c3ccc(-c4ccccc4)cc3c3ncccc32)c1)c1cc(C)c(-n2ccnc2-c2[c-]cccc2)c(C)c1.Cc1cc(C)c(-n2ccnc2-c2[c-]cccc2)c(C)c1.Cc1cc(C)c(-n2ccnc2-c2[c-]cccc2)c(C)c1.[Ir+3]. The molecule has 0 fully saturated rings. The molecule has 0 spiro atoms. The van der Waals surface area contributed by atoms with Crippen molar-refractivity contribution in [2.45, 2.75) is 93.9 Å². The summed E-state index contributed by atoms with van der Waals surface area (Å²) < 4.78 is 11.4. The zero-order valence-electron chi connectivity index (χ0n) is 63.7. The topological polar surface area (TPSA) is 89.1 Å². The van der Waals surface area contributed by atoms with E-state index in [1.165, 1.54) is 95.0 Å². The summed E-state index contributed by atoms with van der Waals surface area (Å²) in [6.07, 6.45) is 17.5. The number of aryl methyl sites for hydroxylation is 8. The van der Waals surface area contributed by atoms with E-state index in [4.69, 9.17) is 15.0 Å². The minimum Gasteiger partial charge on any atom is -0.340 e. The summed E-state index contributed by atoms with van der Waals surface area (Å²) in [6.45, 7) is 22.1. The summed E-state index contributed by atoms with van der Waals surface area (Å²) in [6, 6.07) is 98.2. The van der Waals surface area contributed by atoms with Gasteiger partial charge < -0.3 is 22.8 Å². The summed E-state index contributed by atoms with van der Waals surface area (Å²) in [5.74, 6) is 3.32. The van der Waals surface area contributed by atoms with Crippen LogP contribution in [-0.2, 0) is 20.1 Å². The van der Waals surface area contributed by atoms with Crippen LogP contribution in [0.1, 0.15) is 94.2 Å². The molecule has 0 amide bonds. The Bertz CT molecular complexity index is 5930. The molecule has 11 heteroatoms. The van der Waals surface area contributed by atoms with Crippen LogP contribution in [-0.4, -0.2) is 47.8 Å². The Kier molecular flexibility index (Phi) is 21.1. The van der Waals surface area contributed by atoms with E-state index in [9.17, 15) is 0 Å². The summed E-state index contributed by atoms with van der Waals surface area (Å²) in [5, 5.41) is 2.26. The van der Waals surface area contributed by atoms with Crippen LogP contribution in [0.15, 0.2) is 298 Å². The van der Waals surface area contributed by atoms with E-state index >= 15 is 0 Å². The van der Waals surface area contributed by atoms with Gasteiger partial charge in [-0.1, -0.05) is 134 Å². The van der Waals surface area contributed by atoms with Gasteiger partial charge in [-0.05, 0) is 214 Å². The molecule has 0 aliphatic rings. The minimum atomic E-state index is 0. The Labute approximate surface area is 658 Å². The van der Waals surface area contributed by atoms with Crippen LogP contribution in [0.4, 0.5) is 0 Å². The number of hydrogen-bond donors (Lipinski definition) is 0. The molecule has 540 valence electrons. The molecule has 0 aliphatic carbocycles. The number of benzene rings is 11. The third-order valence-corrected chi connectivity index (χ3v) is 21.1. The second-order valence-electron chi connectivity index (χ2n) is 28.8. The summed E-state index contributed by atoms with van der Waals surface area (Å²) >= 11 is 0. The molecule has 7 heterocycles. The van der Waals surface area contributed by atoms with Gasteiger partial charge in [0, 0.05) is 88.8 Å². The summed E-state index contributed by atoms with van der Waals surface area (Å²) in [7, 11) is 0. The van der Waals surface area contributed by atoms with Crippen LogP contribution in [0, 0.1) is 73.6 Å². The molecule has 0 saturated carbocycles. The fourth-order valence-corrected chi connectivity index (χ4v) is 16.5. The van der Waals surface area contributed by atoms with Gasteiger partial charge in [-0.3, -0.25) is 24.9 Å². The van der Waals surface area contributed by atoms with Crippen molar-refractivity contribution in [2.75, 3.05) is 0 Å². The van der Waals surface area contributed by atoms with Gasteiger partial charge in [-0.2, -0.15) is 0 Å². The molecule has 2 unspecified atom stereocenters. The second kappa shape index (κ2) is 31.8. The van der Waals surface area contributed by atoms with Gasteiger partial charge >= 0.3 is 20.1 Å². The van der Waals surface area contributed by atoms with Gasteiger partial charge in [0.15, 0.2) is 0 Å². The standard InChI is InChI=1S/C63H51N6.2C18H17N2.Ir/c1-5-44(51-34-42(3)62(43(4)35-51)67-32-31-66-63(67)47-21-13-8-14-22-47)33-41(2)50-36-52(68-56-27-25-48(45-17-9-6-10-18-45)38-54(56)60-58(68)23-15-29-64-60)40-53(37-50)69-57-28-26-49(46-19-11-7-12-20-46)39-55(57)61-59(69)24-16-30-65-61;2*1-13-11-14(2)17(15(3)12-13)20-10-9-19-18(20)16-7-5-4-6-8-16;/h6-21,23-32,34-41,44H,5,33H2,1-4H3;2*4-7,9-12H,1-3H3;/q3*-1;+3. The van der Waals surface area contributed by atoms with Gasteiger partial charge in [0.25, 0.3) is 0 Å². The predicted molar refractivity (Wildman–Crippen MR) is 449 cm³/mol. The van der Waals surface area contributed by atoms with Crippen LogP contribution in [0.2, 0.25) is 0 Å². The molecule has 0 bridgehead atoms. The second-order valence-corrected chi connectivity index (χ2v) is 28.8. The van der Waals surface area contributed by atoms with Crippen LogP contribution in [0.25, 0.3) is 129 Å². The van der Waals surface area contributed by atoms with Crippen molar-refractivity contribution in [1.29, 1.82) is 0 Å². The third kappa shape index (κ3) is 14.4. The maximum atomic E-state index is 5.04. The van der Waals surface area contributed by atoms with Crippen LogP contribution in [0.3, 0.4) is 0 Å². The Hall–Kier alpha value is -12.4. The number of fused-ring (bicyclic) bond motifs is 6. The van der Waals surface area contributed by atoms with Crippen molar-refractivity contribution < 1.29 is 20.1 Å².